The monoisotopic (exact) mass is 382 g/mol. The largest absolute Gasteiger partial charge is 0.418 e. The van der Waals surface area contributed by atoms with Gasteiger partial charge in [-0.15, -0.1) is 0 Å². The Morgan fingerprint density at radius 1 is 1.04 bits per heavy atom. The highest BCUT2D eigenvalue weighted by Crippen LogP contribution is 2.36. The molecule has 1 heterocycles. The maximum absolute atomic E-state index is 13.0. The molecule has 0 saturated carbocycles. The fraction of sp³-hybridized carbons (Fsp3) is 0.0625. The van der Waals surface area contributed by atoms with Crippen LogP contribution >= 0.6 is 11.6 Å². The molecular formula is C16H10ClF3N4O2. The summed E-state index contributed by atoms with van der Waals surface area (Å²) in [4.78, 5) is 30.7. The highest BCUT2D eigenvalue weighted by atomic mass is 35.5. The first kappa shape index (κ1) is 17.7. The van der Waals surface area contributed by atoms with Crippen molar-refractivity contribution in [3.63, 3.8) is 0 Å². The molecule has 6 nitrogen and oxygen atoms in total. The van der Waals surface area contributed by atoms with Crippen LogP contribution in [-0.4, -0.2) is 21.8 Å². The van der Waals surface area contributed by atoms with Crippen LogP contribution in [0.3, 0.4) is 0 Å². The fourth-order valence-electron chi connectivity index (χ4n) is 2.24. The second-order valence-electron chi connectivity index (χ2n) is 5.23. The molecule has 0 aliphatic rings. The minimum absolute atomic E-state index is 0.146. The van der Waals surface area contributed by atoms with E-state index < -0.39 is 29.2 Å². The molecule has 0 aliphatic carbocycles. The van der Waals surface area contributed by atoms with E-state index in [0.717, 1.165) is 6.07 Å². The highest BCUT2D eigenvalue weighted by molar-refractivity contribution is 6.43. The van der Waals surface area contributed by atoms with Crippen LogP contribution in [0.25, 0.3) is 11.0 Å². The molecule has 3 aromatic rings. The van der Waals surface area contributed by atoms with Crippen molar-refractivity contribution >= 4 is 45.8 Å². The van der Waals surface area contributed by atoms with Crippen LogP contribution in [0.4, 0.5) is 24.5 Å². The maximum Gasteiger partial charge on any atom is 0.418 e. The highest BCUT2D eigenvalue weighted by Gasteiger charge is 2.34. The van der Waals surface area contributed by atoms with Crippen LogP contribution < -0.4 is 10.6 Å². The van der Waals surface area contributed by atoms with Gasteiger partial charge in [-0.05, 0) is 36.4 Å². The van der Waals surface area contributed by atoms with Gasteiger partial charge in [0.25, 0.3) is 0 Å². The van der Waals surface area contributed by atoms with Crippen LogP contribution in [0.2, 0.25) is 5.02 Å². The van der Waals surface area contributed by atoms with E-state index in [1.807, 2.05) is 5.32 Å². The number of rotatable bonds is 2. The van der Waals surface area contributed by atoms with Crippen LogP contribution in [-0.2, 0) is 15.8 Å². The third kappa shape index (κ3) is 3.77. The number of aromatic amines is 1. The van der Waals surface area contributed by atoms with Crippen LogP contribution in [0.5, 0.6) is 0 Å². The molecule has 0 atom stereocenters. The van der Waals surface area contributed by atoms with E-state index in [0.29, 0.717) is 17.1 Å². The van der Waals surface area contributed by atoms with E-state index in [2.05, 4.69) is 15.3 Å². The average Bonchev–Trinajstić information content (AvgIpc) is 3.03. The lowest BCUT2D eigenvalue weighted by molar-refractivity contribution is -0.137. The van der Waals surface area contributed by atoms with Crippen LogP contribution in [0.1, 0.15) is 5.56 Å². The molecule has 134 valence electrons. The summed E-state index contributed by atoms with van der Waals surface area (Å²) in [5, 5.41) is 4.11. The first-order valence-electron chi connectivity index (χ1n) is 7.16. The number of amides is 2. The molecule has 0 spiro atoms. The van der Waals surface area contributed by atoms with Crippen LogP contribution in [0, 0.1) is 0 Å². The number of anilines is 2. The normalized spacial score (nSPS) is 11.4. The summed E-state index contributed by atoms with van der Waals surface area (Å²) < 4.78 is 39.1. The molecule has 0 radical (unpaired) electrons. The number of nitrogens with one attached hydrogen (secondary N) is 3. The molecular weight excluding hydrogens is 373 g/mol. The zero-order chi connectivity index (χ0) is 18.9. The number of benzene rings is 2. The number of hydrogen-bond donors (Lipinski definition) is 3. The lowest BCUT2D eigenvalue weighted by Gasteiger charge is -2.14. The molecule has 0 bridgehead atoms. The fourth-order valence-corrected chi connectivity index (χ4v) is 2.41. The molecule has 2 aromatic carbocycles. The van der Waals surface area contributed by atoms with E-state index in [-0.39, 0.29) is 10.7 Å². The quantitative estimate of drug-likeness (QED) is 0.589. The first-order chi connectivity index (χ1) is 12.2. The van der Waals surface area contributed by atoms with E-state index in [1.54, 1.807) is 6.07 Å². The Bertz CT molecular complexity index is 1000. The summed E-state index contributed by atoms with van der Waals surface area (Å²) in [6, 6.07) is 7.49. The van der Waals surface area contributed by atoms with Crippen molar-refractivity contribution in [1.82, 2.24) is 9.97 Å². The number of aromatic nitrogens is 2. The number of halogens is 4. The maximum atomic E-state index is 13.0. The topological polar surface area (TPSA) is 86.9 Å². The Balaban J connectivity index is 1.76. The number of carbonyl (C=O) groups excluding carboxylic acids is 2. The number of imidazole rings is 1. The lowest BCUT2D eigenvalue weighted by atomic mass is 10.1. The SMILES string of the molecule is O=C(Nc1ccc2nc[nH]c2c1)C(=O)Nc1ccc(Cl)cc1C(F)(F)F. The molecule has 3 N–H and O–H groups in total. The summed E-state index contributed by atoms with van der Waals surface area (Å²) in [5.74, 6) is -2.37. The Labute approximate surface area is 149 Å². The minimum Gasteiger partial charge on any atom is -0.345 e. The summed E-state index contributed by atoms with van der Waals surface area (Å²) in [6.45, 7) is 0. The Hall–Kier alpha value is -3.07. The van der Waals surface area contributed by atoms with Crippen molar-refractivity contribution < 1.29 is 22.8 Å². The average molecular weight is 383 g/mol. The van der Waals surface area contributed by atoms with Gasteiger partial charge in [0.15, 0.2) is 0 Å². The Morgan fingerprint density at radius 2 is 1.77 bits per heavy atom. The molecule has 0 unspecified atom stereocenters. The van der Waals surface area contributed by atoms with Gasteiger partial charge in [-0.25, -0.2) is 4.98 Å². The number of fused-ring (bicyclic) bond motifs is 1. The Kier molecular flexibility index (Phi) is 4.56. The van der Waals surface area contributed by atoms with Gasteiger partial charge < -0.3 is 15.6 Å². The number of nitrogens with zero attached hydrogens (tertiary/aromatic N) is 1. The van der Waals surface area contributed by atoms with Gasteiger partial charge in [0.05, 0.1) is 28.6 Å². The van der Waals surface area contributed by atoms with Crippen molar-refractivity contribution in [2.75, 3.05) is 10.6 Å². The van der Waals surface area contributed by atoms with Crippen molar-refractivity contribution in [3.8, 4) is 0 Å². The number of alkyl halides is 3. The van der Waals surface area contributed by atoms with Crippen molar-refractivity contribution in [1.29, 1.82) is 0 Å². The van der Waals surface area contributed by atoms with Crippen molar-refractivity contribution in [2.45, 2.75) is 6.18 Å². The Morgan fingerprint density at radius 3 is 2.50 bits per heavy atom. The molecule has 0 saturated heterocycles. The smallest absolute Gasteiger partial charge is 0.345 e. The molecule has 1 aromatic heterocycles. The molecule has 0 aliphatic heterocycles. The summed E-state index contributed by atoms with van der Waals surface area (Å²) in [6.07, 6.45) is -3.28. The van der Waals surface area contributed by atoms with Gasteiger partial charge in [0.2, 0.25) is 0 Å². The molecule has 2 amide bonds. The predicted octanol–water partition coefficient (Wildman–Crippen LogP) is 3.81. The minimum atomic E-state index is -4.74. The van der Waals surface area contributed by atoms with Crippen molar-refractivity contribution in [3.05, 3.63) is 53.3 Å². The molecule has 0 fully saturated rings. The third-order valence-electron chi connectivity index (χ3n) is 3.42. The van der Waals surface area contributed by atoms with E-state index in [9.17, 15) is 22.8 Å². The molecule has 3 rings (SSSR count). The van der Waals surface area contributed by atoms with Gasteiger partial charge >= 0.3 is 18.0 Å². The predicted molar refractivity (Wildman–Crippen MR) is 89.8 cm³/mol. The van der Waals surface area contributed by atoms with E-state index in [4.69, 9.17) is 11.6 Å². The number of H-pyrrole nitrogens is 1. The summed E-state index contributed by atoms with van der Waals surface area (Å²) in [5.41, 5.74) is -0.145. The second-order valence-corrected chi connectivity index (χ2v) is 5.67. The van der Waals surface area contributed by atoms with E-state index >= 15 is 0 Å². The number of hydrogen-bond acceptors (Lipinski definition) is 3. The standard InChI is InChI=1S/C16H10ClF3N4O2/c17-8-1-3-11(10(5-8)16(18,19)20)24-15(26)14(25)23-9-2-4-12-13(6-9)22-7-21-12/h1-7H,(H,21,22)(H,23,25)(H,24,26). The summed E-state index contributed by atoms with van der Waals surface area (Å²) in [7, 11) is 0. The zero-order valence-corrected chi connectivity index (χ0v) is 13.6. The lowest BCUT2D eigenvalue weighted by Crippen LogP contribution is -2.30. The zero-order valence-electron chi connectivity index (χ0n) is 12.8. The molecule has 10 heteroatoms. The molecule has 26 heavy (non-hydrogen) atoms. The third-order valence-corrected chi connectivity index (χ3v) is 3.65. The van der Waals surface area contributed by atoms with Crippen molar-refractivity contribution in [2.24, 2.45) is 0 Å². The van der Waals surface area contributed by atoms with Gasteiger partial charge in [0.1, 0.15) is 0 Å². The van der Waals surface area contributed by atoms with Gasteiger partial charge in [-0.3, -0.25) is 9.59 Å². The second kappa shape index (κ2) is 6.68. The summed E-state index contributed by atoms with van der Waals surface area (Å²) >= 11 is 5.57. The first-order valence-corrected chi connectivity index (χ1v) is 7.54. The van der Waals surface area contributed by atoms with Crippen LogP contribution in [0.15, 0.2) is 42.7 Å². The number of carbonyl (C=O) groups is 2. The van der Waals surface area contributed by atoms with Gasteiger partial charge in [-0.2, -0.15) is 13.2 Å². The van der Waals surface area contributed by atoms with Gasteiger partial charge in [-0.1, -0.05) is 11.6 Å². The van der Waals surface area contributed by atoms with Gasteiger partial charge in [0, 0.05) is 10.7 Å². The van der Waals surface area contributed by atoms with E-state index in [1.165, 1.54) is 24.5 Å².